The molecular formula is C12H19F2NO2. The van der Waals surface area contributed by atoms with Crippen LogP contribution in [0.5, 0.6) is 0 Å². The normalized spacial score (nSPS) is 20.3. The number of hydrogen-bond acceptors (Lipinski definition) is 2. The molecule has 0 radical (unpaired) electrons. The number of hydrogen-bond donors (Lipinski definition) is 1. The van der Waals surface area contributed by atoms with Crippen molar-refractivity contribution in [1.82, 2.24) is 5.32 Å². The molecule has 17 heavy (non-hydrogen) atoms. The molecule has 1 aliphatic rings. The summed E-state index contributed by atoms with van der Waals surface area (Å²) in [5, 5.41) is 2.53. The van der Waals surface area contributed by atoms with Crippen molar-refractivity contribution >= 4 is 11.7 Å². The Morgan fingerprint density at radius 3 is 2.29 bits per heavy atom. The number of halogens is 2. The molecule has 1 N–H and O–H groups in total. The van der Waals surface area contributed by atoms with Crippen molar-refractivity contribution in [2.75, 3.05) is 6.54 Å². The van der Waals surface area contributed by atoms with E-state index in [9.17, 15) is 18.4 Å². The molecular weight excluding hydrogens is 228 g/mol. The van der Waals surface area contributed by atoms with Gasteiger partial charge < -0.3 is 5.32 Å². The minimum absolute atomic E-state index is 0.00337. The fourth-order valence-corrected chi connectivity index (χ4v) is 1.83. The second-order valence-corrected chi connectivity index (χ2v) is 4.97. The van der Waals surface area contributed by atoms with E-state index in [0.717, 1.165) is 0 Å². The summed E-state index contributed by atoms with van der Waals surface area (Å²) in [5.41, 5.74) is 0. The maximum Gasteiger partial charge on any atom is 0.248 e. The van der Waals surface area contributed by atoms with Gasteiger partial charge in [0.25, 0.3) is 0 Å². The number of nitrogens with one attached hydrogen (secondary N) is 1. The zero-order valence-corrected chi connectivity index (χ0v) is 10.3. The van der Waals surface area contributed by atoms with E-state index in [1.54, 1.807) is 13.8 Å². The summed E-state index contributed by atoms with van der Waals surface area (Å²) in [4.78, 5) is 22.9. The predicted molar refractivity (Wildman–Crippen MR) is 59.8 cm³/mol. The van der Waals surface area contributed by atoms with E-state index in [1.807, 2.05) is 0 Å². The molecule has 0 atom stereocenters. The molecule has 0 aromatic carbocycles. The molecule has 5 heteroatoms. The third-order valence-corrected chi connectivity index (χ3v) is 3.17. The molecule has 1 aliphatic carbocycles. The molecule has 0 unspecified atom stereocenters. The van der Waals surface area contributed by atoms with Gasteiger partial charge >= 0.3 is 0 Å². The van der Waals surface area contributed by atoms with Crippen LogP contribution in [0, 0.1) is 11.8 Å². The zero-order chi connectivity index (χ0) is 13.1. The second kappa shape index (κ2) is 5.56. The lowest BCUT2D eigenvalue weighted by Crippen LogP contribution is -2.39. The third-order valence-electron chi connectivity index (χ3n) is 3.17. The van der Waals surface area contributed by atoms with Crippen LogP contribution in [0.25, 0.3) is 0 Å². The molecule has 1 saturated carbocycles. The van der Waals surface area contributed by atoms with E-state index in [-0.39, 0.29) is 55.8 Å². The Morgan fingerprint density at radius 2 is 1.82 bits per heavy atom. The molecule has 0 spiro atoms. The number of Topliss-reactive ketones (excluding diaryl/α,β-unsaturated/α-hetero) is 1. The van der Waals surface area contributed by atoms with Gasteiger partial charge in [0.2, 0.25) is 11.8 Å². The summed E-state index contributed by atoms with van der Waals surface area (Å²) in [7, 11) is 0. The molecule has 3 nitrogen and oxygen atoms in total. The highest BCUT2D eigenvalue weighted by Crippen LogP contribution is 2.36. The summed E-state index contributed by atoms with van der Waals surface area (Å²) in [6.45, 7) is 3.52. The summed E-state index contributed by atoms with van der Waals surface area (Å²) < 4.78 is 25.8. The highest BCUT2D eigenvalue weighted by molar-refractivity contribution is 5.87. The first-order chi connectivity index (χ1) is 7.82. The standard InChI is InChI=1S/C12H19F2NO2/c1-8(2)10(16)7-15-11(17)9-3-5-12(13,14)6-4-9/h8-9H,3-7H2,1-2H3,(H,15,17). The molecule has 0 saturated heterocycles. The van der Waals surface area contributed by atoms with Crippen molar-refractivity contribution in [1.29, 1.82) is 0 Å². The SMILES string of the molecule is CC(C)C(=O)CNC(=O)C1CCC(F)(F)CC1. The number of rotatable bonds is 4. The van der Waals surface area contributed by atoms with Crippen molar-refractivity contribution in [3.8, 4) is 0 Å². The third kappa shape index (κ3) is 4.40. The van der Waals surface area contributed by atoms with E-state index in [4.69, 9.17) is 0 Å². The number of amides is 1. The Balaban J connectivity index is 2.32. The first-order valence-electron chi connectivity index (χ1n) is 6.00. The maximum atomic E-state index is 12.9. The van der Waals surface area contributed by atoms with E-state index in [2.05, 4.69) is 5.32 Å². The van der Waals surface area contributed by atoms with E-state index < -0.39 is 5.92 Å². The van der Waals surface area contributed by atoms with Gasteiger partial charge in [-0.15, -0.1) is 0 Å². The number of carbonyl (C=O) groups excluding carboxylic acids is 2. The number of ketones is 1. The van der Waals surface area contributed by atoms with Gasteiger partial charge in [0.05, 0.1) is 6.54 Å². The molecule has 0 aromatic heterocycles. The first-order valence-corrected chi connectivity index (χ1v) is 6.00. The Hall–Kier alpha value is -1.00. The molecule has 1 rings (SSSR count). The Bertz CT molecular complexity index is 293. The topological polar surface area (TPSA) is 46.2 Å². The van der Waals surface area contributed by atoms with Crippen molar-refractivity contribution < 1.29 is 18.4 Å². The van der Waals surface area contributed by atoms with E-state index in [1.165, 1.54) is 0 Å². The Morgan fingerprint density at radius 1 is 1.29 bits per heavy atom. The van der Waals surface area contributed by atoms with Crippen molar-refractivity contribution in [3.05, 3.63) is 0 Å². The van der Waals surface area contributed by atoms with Crippen LogP contribution < -0.4 is 5.32 Å². The molecule has 0 aromatic rings. The summed E-state index contributed by atoms with van der Waals surface area (Å²) in [5.74, 6) is -3.42. The largest absolute Gasteiger partial charge is 0.349 e. The molecule has 1 amide bonds. The van der Waals surface area contributed by atoms with Gasteiger partial charge in [0, 0.05) is 24.7 Å². The highest BCUT2D eigenvalue weighted by atomic mass is 19.3. The molecule has 98 valence electrons. The number of carbonyl (C=O) groups is 2. The van der Waals surface area contributed by atoms with Gasteiger partial charge in [-0.3, -0.25) is 9.59 Å². The Kier molecular flexibility index (Phi) is 4.60. The smallest absolute Gasteiger partial charge is 0.248 e. The summed E-state index contributed by atoms with van der Waals surface area (Å²) in [6.07, 6.45) is -0.0597. The Labute approximate surface area is 100.0 Å². The van der Waals surface area contributed by atoms with Crippen LogP contribution in [0.2, 0.25) is 0 Å². The number of alkyl halides is 2. The lowest BCUT2D eigenvalue weighted by molar-refractivity contribution is -0.131. The lowest BCUT2D eigenvalue weighted by atomic mass is 9.86. The summed E-state index contributed by atoms with van der Waals surface area (Å²) >= 11 is 0. The molecule has 0 bridgehead atoms. The minimum atomic E-state index is -2.62. The van der Waals surface area contributed by atoms with Gasteiger partial charge in [0.15, 0.2) is 5.78 Å². The monoisotopic (exact) mass is 247 g/mol. The van der Waals surface area contributed by atoms with Crippen LogP contribution in [0.4, 0.5) is 8.78 Å². The van der Waals surface area contributed by atoms with E-state index >= 15 is 0 Å². The maximum absolute atomic E-state index is 12.9. The molecule has 0 heterocycles. The van der Waals surface area contributed by atoms with Crippen molar-refractivity contribution in [3.63, 3.8) is 0 Å². The second-order valence-electron chi connectivity index (χ2n) is 4.97. The zero-order valence-electron chi connectivity index (χ0n) is 10.3. The van der Waals surface area contributed by atoms with Crippen LogP contribution in [-0.4, -0.2) is 24.2 Å². The quantitative estimate of drug-likeness (QED) is 0.827. The van der Waals surface area contributed by atoms with Gasteiger partial charge in [-0.25, -0.2) is 8.78 Å². The van der Waals surface area contributed by atoms with Gasteiger partial charge in [-0.2, -0.15) is 0 Å². The molecule has 1 fully saturated rings. The van der Waals surface area contributed by atoms with Gasteiger partial charge in [-0.05, 0) is 12.8 Å². The fraction of sp³-hybridized carbons (Fsp3) is 0.833. The van der Waals surface area contributed by atoms with Crippen LogP contribution in [0.3, 0.4) is 0 Å². The van der Waals surface area contributed by atoms with Gasteiger partial charge in [0.1, 0.15) is 0 Å². The van der Waals surface area contributed by atoms with Crippen molar-refractivity contribution in [2.24, 2.45) is 11.8 Å². The summed E-state index contributed by atoms with van der Waals surface area (Å²) in [6, 6.07) is 0. The van der Waals surface area contributed by atoms with Crippen LogP contribution in [-0.2, 0) is 9.59 Å². The average molecular weight is 247 g/mol. The minimum Gasteiger partial charge on any atom is -0.349 e. The predicted octanol–water partition coefficient (Wildman–Crippen LogP) is 2.15. The van der Waals surface area contributed by atoms with Crippen LogP contribution in [0.1, 0.15) is 39.5 Å². The van der Waals surface area contributed by atoms with Crippen LogP contribution >= 0.6 is 0 Å². The van der Waals surface area contributed by atoms with Crippen molar-refractivity contribution in [2.45, 2.75) is 45.5 Å². The van der Waals surface area contributed by atoms with E-state index in [0.29, 0.717) is 0 Å². The highest BCUT2D eigenvalue weighted by Gasteiger charge is 2.37. The first kappa shape index (κ1) is 14.1. The van der Waals surface area contributed by atoms with Gasteiger partial charge in [-0.1, -0.05) is 13.8 Å². The lowest BCUT2D eigenvalue weighted by Gasteiger charge is -2.27. The fourth-order valence-electron chi connectivity index (χ4n) is 1.83. The average Bonchev–Trinajstić information content (AvgIpc) is 2.25. The molecule has 0 aliphatic heterocycles. The van der Waals surface area contributed by atoms with Crippen LogP contribution in [0.15, 0.2) is 0 Å².